The maximum absolute atomic E-state index is 13.0. The highest BCUT2D eigenvalue weighted by atomic mass is 16.1. The van der Waals surface area contributed by atoms with Crippen molar-refractivity contribution in [2.24, 2.45) is 10.8 Å². The molecule has 3 nitrogen and oxygen atoms in total. The highest BCUT2D eigenvalue weighted by molar-refractivity contribution is 6.14. The number of rotatable bonds is 0. The van der Waals surface area contributed by atoms with Crippen LogP contribution >= 0.6 is 0 Å². The van der Waals surface area contributed by atoms with Crippen molar-refractivity contribution in [1.29, 1.82) is 10.5 Å². The molecule has 0 bridgehead atoms. The Morgan fingerprint density at radius 1 is 0.808 bits per heavy atom. The smallest absolute Gasteiger partial charge is 0.186 e. The van der Waals surface area contributed by atoms with E-state index in [4.69, 9.17) is 10.5 Å². The van der Waals surface area contributed by atoms with E-state index < -0.39 is 0 Å². The highest BCUT2D eigenvalue weighted by Crippen LogP contribution is 2.38. The van der Waals surface area contributed by atoms with Crippen LogP contribution in [0.1, 0.15) is 41.5 Å². The highest BCUT2D eigenvalue weighted by Gasteiger charge is 2.33. The molecule has 0 atom stereocenters. The van der Waals surface area contributed by atoms with Gasteiger partial charge in [0.05, 0.1) is 0 Å². The first kappa shape index (κ1) is 19.4. The van der Waals surface area contributed by atoms with Crippen LogP contribution in [-0.2, 0) is 4.79 Å². The van der Waals surface area contributed by atoms with E-state index in [1.807, 2.05) is 78.0 Å². The SMILES string of the molecule is CC(C)(C)C1=CC(=c2ccc(=C(C#N)C#N)cc2)C=C(C(C)(C)C)C1=O. The third-order valence-corrected chi connectivity index (χ3v) is 4.44. The number of Topliss-reactive ketones (excluding diaryl/α,β-unsaturated/α-hetero) is 1. The van der Waals surface area contributed by atoms with Gasteiger partial charge < -0.3 is 0 Å². The Bertz CT molecular complexity index is 949. The van der Waals surface area contributed by atoms with E-state index >= 15 is 0 Å². The van der Waals surface area contributed by atoms with Gasteiger partial charge in [-0.3, -0.25) is 4.79 Å². The zero-order chi connectivity index (χ0) is 19.7. The average molecular weight is 344 g/mol. The van der Waals surface area contributed by atoms with Gasteiger partial charge in [-0.2, -0.15) is 10.5 Å². The minimum absolute atomic E-state index is 0.0946. The fourth-order valence-electron chi connectivity index (χ4n) is 2.89. The van der Waals surface area contributed by atoms with E-state index in [9.17, 15) is 4.79 Å². The molecular formula is C23H24N2O. The first-order valence-electron chi connectivity index (χ1n) is 8.63. The third kappa shape index (κ3) is 3.84. The summed E-state index contributed by atoms with van der Waals surface area (Å²) in [4.78, 5) is 13.0. The Balaban J connectivity index is 2.80. The van der Waals surface area contributed by atoms with Crippen molar-refractivity contribution in [2.45, 2.75) is 41.5 Å². The second-order valence-electron chi connectivity index (χ2n) is 8.58. The zero-order valence-corrected chi connectivity index (χ0v) is 16.3. The van der Waals surface area contributed by atoms with Gasteiger partial charge in [-0.1, -0.05) is 65.8 Å². The van der Waals surface area contributed by atoms with Gasteiger partial charge in [0, 0.05) is 16.4 Å². The lowest BCUT2D eigenvalue weighted by Gasteiger charge is -2.31. The average Bonchev–Trinajstić information content (AvgIpc) is 2.55. The van der Waals surface area contributed by atoms with Crippen molar-refractivity contribution in [3.8, 4) is 12.1 Å². The molecule has 2 rings (SSSR count). The summed E-state index contributed by atoms with van der Waals surface area (Å²) in [5.41, 5.74) is 2.15. The van der Waals surface area contributed by atoms with Crippen LogP contribution in [0.3, 0.4) is 0 Å². The molecule has 0 heterocycles. The number of carbonyl (C=O) groups excluding carboxylic acids is 1. The molecule has 0 aliphatic heterocycles. The zero-order valence-electron chi connectivity index (χ0n) is 16.3. The Labute approximate surface area is 155 Å². The first-order chi connectivity index (χ1) is 12.0. The molecule has 0 unspecified atom stereocenters. The lowest BCUT2D eigenvalue weighted by molar-refractivity contribution is -0.114. The van der Waals surface area contributed by atoms with Gasteiger partial charge in [0.15, 0.2) is 5.78 Å². The monoisotopic (exact) mass is 344 g/mol. The molecular weight excluding hydrogens is 320 g/mol. The number of nitriles is 2. The van der Waals surface area contributed by atoms with Crippen LogP contribution in [0.4, 0.5) is 0 Å². The van der Waals surface area contributed by atoms with Gasteiger partial charge in [-0.25, -0.2) is 0 Å². The van der Waals surface area contributed by atoms with E-state index in [1.54, 1.807) is 12.1 Å². The number of hydrogen-bond donors (Lipinski definition) is 0. The minimum atomic E-state index is -0.254. The molecule has 0 aromatic heterocycles. The summed E-state index contributed by atoms with van der Waals surface area (Å²) in [6.07, 6.45) is 3.93. The number of benzene rings is 1. The summed E-state index contributed by atoms with van der Waals surface area (Å²) in [6.45, 7) is 12.3. The van der Waals surface area contributed by atoms with Crippen molar-refractivity contribution < 1.29 is 4.79 Å². The van der Waals surface area contributed by atoms with Crippen LogP contribution in [-0.4, -0.2) is 5.78 Å². The van der Waals surface area contributed by atoms with Gasteiger partial charge in [-0.15, -0.1) is 0 Å². The molecule has 1 aromatic carbocycles. The molecule has 3 heteroatoms. The van der Waals surface area contributed by atoms with E-state index in [-0.39, 0.29) is 22.2 Å². The van der Waals surface area contributed by atoms with Crippen molar-refractivity contribution in [1.82, 2.24) is 0 Å². The number of allylic oxidation sites excluding steroid dienone is 4. The molecule has 1 aliphatic carbocycles. The summed E-state index contributed by atoms with van der Waals surface area (Å²) in [6, 6.07) is 11.1. The van der Waals surface area contributed by atoms with Crippen LogP contribution in [0.2, 0.25) is 0 Å². The number of hydrogen-bond acceptors (Lipinski definition) is 3. The van der Waals surface area contributed by atoms with Crippen LogP contribution < -0.4 is 10.4 Å². The number of nitrogens with zero attached hydrogens (tertiary/aromatic N) is 2. The Morgan fingerprint density at radius 2 is 1.23 bits per heavy atom. The summed E-state index contributed by atoms with van der Waals surface area (Å²) in [5, 5.41) is 19.6. The summed E-state index contributed by atoms with van der Waals surface area (Å²) < 4.78 is 0. The van der Waals surface area contributed by atoms with Crippen molar-refractivity contribution in [3.05, 3.63) is 58.0 Å². The molecule has 0 fully saturated rings. The minimum Gasteiger partial charge on any atom is -0.289 e. The topological polar surface area (TPSA) is 64.7 Å². The van der Waals surface area contributed by atoms with Crippen LogP contribution in [0.5, 0.6) is 0 Å². The first-order valence-corrected chi connectivity index (χ1v) is 8.63. The van der Waals surface area contributed by atoms with Crippen molar-refractivity contribution in [2.75, 3.05) is 0 Å². The largest absolute Gasteiger partial charge is 0.289 e. The number of ketones is 1. The summed E-state index contributed by atoms with van der Waals surface area (Å²) in [7, 11) is 0. The third-order valence-electron chi connectivity index (χ3n) is 4.44. The summed E-state index contributed by atoms with van der Waals surface area (Å²) in [5.74, 6) is 0.106. The van der Waals surface area contributed by atoms with Crippen LogP contribution in [0.25, 0.3) is 11.1 Å². The van der Waals surface area contributed by atoms with E-state index in [0.717, 1.165) is 21.9 Å². The molecule has 0 spiro atoms. The molecule has 0 saturated heterocycles. The maximum atomic E-state index is 13.0. The molecule has 1 aliphatic rings. The lowest BCUT2D eigenvalue weighted by atomic mass is 9.71. The fraction of sp³-hybridized carbons (Fsp3) is 0.348. The predicted octanol–water partition coefficient (Wildman–Crippen LogP) is 3.56. The Hall–Kier alpha value is -2.91. The quantitative estimate of drug-likeness (QED) is 0.723. The second kappa shape index (κ2) is 6.77. The van der Waals surface area contributed by atoms with Gasteiger partial charge in [0.2, 0.25) is 0 Å². The van der Waals surface area contributed by atoms with Gasteiger partial charge >= 0.3 is 0 Å². The Morgan fingerprint density at radius 3 is 1.58 bits per heavy atom. The van der Waals surface area contributed by atoms with E-state index in [0.29, 0.717) is 5.22 Å². The molecule has 132 valence electrons. The lowest BCUT2D eigenvalue weighted by Crippen LogP contribution is -2.28. The second-order valence-corrected chi connectivity index (χ2v) is 8.58. The van der Waals surface area contributed by atoms with E-state index in [1.165, 1.54) is 0 Å². The maximum Gasteiger partial charge on any atom is 0.186 e. The summed E-state index contributed by atoms with van der Waals surface area (Å²) >= 11 is 0. The standard InChI is InChI=1S/C23H24N2O/c1-22(2,3)19-11-17(12-20(21(19)26)23(4,5)6)15-7-9-16(10-8-15)18(13-24)14-25/h7-12H,1-6H3. The molecule has 1 aromatic rings. The molecule has 0 N–H and O–H groups in total. The molecule has 26 heavy (non-hydrogen) atoms. The normalized spacial score (nSPS) is 14.9. The van der Waals surface area contributed by atoms with E-state index in [2.05, 4.69) is 0 Å². The molecule has 0 saturated carbocycles. The van der Waals surface area contributed by atoms with Crippen molar-refractivity contribution >= 4 is 16.9 Å². The van der Waals surface area contributed by atoms with Gasteiger partial charge in [0.1, 0.15) is 17.7 Å². The van der Waals surface area contributed by atoms with Crippen molar-refractivity contribution in [3.63, 3.8) is 0 Å². The predicted molar refractivity (Wildman–Crippen MR) is 104 cm³/mol. The molecule has 0 amide bonds. The Kier molecular flexibility index (Phi) is 5.06. The number of carbonyl (C=O) groups is 1. The molecule has 0 radical (unpaired) electrons. The fourth-order valence-corrected chi connectivity index (χ4v) is 2.89. The van der Waals surface area contributed by atoms with Gasteiger partial charge in [-0.05, 0) is 33.8 Å². The van der Waals surface area contributed by atoms with Crippen LogP contribution in [0.15, 0.2) is 47.6 Å². The van der Waals surface area contributed by atoms with Gasteiger partial charge in [0.25, 0.3) is 0 Å². The van der Waals surface area contributed by atoms with Crippen LogP contribution in [0, 0.1) is 33.5 Å².